The van der Waals surface area contributed by atoms with Crippen molar-refractivity contribution in [2.24, 2.45) is 0 Å². The van der Waals surface area contributed by atoms with Crippen molar-refractivity contribution in [3.05, 3.63) is 41.5 Å². The van der Waals surface area contributed by atoms with E-state index in [-0.39, 0.29) is 18.1 Å². The maximum absolute atomic E-state index is 13.5. The molecule has 0 saturated carbocycles. The van der Waals surface area contributed by atoms with Crippen LogP contribution in [0.2, 0.25) is 0 Å². The van der Waals surface area contributed by atoms with E-state index in [9.17, 15) is 9.18 Å². The average Bonchev–Trinajstić information content (AvgIpc) is 2.88. The summed E-state index contributed by atoms with van der Waals surface area (Å²) in [5, 5.41) is 7.51. The number of esters is 1. The lowest BCUT2D eigenvalue weighted by molar-refractivity contribution is 0.0519. The minimum absolute atomic E-state index is 0.126. The molecule has 7 heteroatoms. The Morgan fingerprint density at radius 1 is 1.45 bits per heavy atom. The molecule has 0 spiro atoms. The SMILES string of the molecule is CCOC(=O)c1cn(Cc2ccc(OC)c(F)c2)nn1. The fraction of sp³-hybridized carbons (Fsp3) is 0.308. The molecule has 6 nitrogen and oxygen atoms in total. The van der Waals surface area contributed by atoms with Crippen LogP contribution < -0.4 is 4.74 Å². The zero-order valence-corrected chi connectivity index (χ0v) is 11.2. The van der Waals surface area contributed by atoms with E-state index < -0.39 is 11.8 Å². The Balaban J connectivity index is 2.10. The number of nitrogens with zero attached hydrogens (tertiary/aromatic N) is 3. The molecule has 0 aliphatic rings. The second-order valence-corrected chi connectivity index (χ2v) is 3.99. The number of carbonyl (C=O) groups excluding carboxylic acids is 1. The van der Waals surface area contributed by atoms with Crippen molar-refractivity contribution in [2.75, 3.05) is 13.7 Å². The van der Waals surface area contributed by atoms with E-state index in [4.69, 9.17) is 9.47 Å². The zero-order chi connectivity index (χ0) is 14.5. The maximum atomic E-state index is 13.5. The first-order chi connectivity index (χ1) is 9.63. The molecule has 1 aromatic heterocycles. The predicted molar refractivity (Wildman–Crippen MR) is 68.0 cm³/mol. The third kappa shape index (κ3) is 3.11. The fourth-order valence-electron chi connectivity index (χ4n) is 1.67. The number of hydrogen-bond acceptors (Lipinski definition) is 5. The normalized spacial score (nSPS) is 10.3. The van der Waals surface area contributed by atoms with Crippen molar-refractivity contribution in [2.45, 2.75) is 13.5 Å². The first-order valence-electron chi connectivity index (χ1n) is 6.03. The molecule has 0 fully saturated rings. The third-order valence-electron chi connectivity index (χ3n) is 2.58. The first-order valence-corrected chi connectivity index (χ1v) is 6.03. The van der Waals surface area contributed by atoms with E-state index in [1.807, 2.05) is 0 Å². The highest BCUT2D eigenvalue weighted by Gasteiger charge is 2.12. The molecule has 2 rings (SSSR count). The van der Waals surface area contributed by atoms with Gasteiger partial charge in [-0.15, -0.1) is 5.10 Å². The van der Waals surface area contributed by atoms with Crippen LogP contribution in [0.4, 0.5) is 4.39 Å². The molecular formula is C13H14FN3O3. The number of ether oxygens (including phenoxy) is 2. The van der Waals surface area contributed by atoms with Crippen LogP contribution in [0.1, 0.15) is 23.0 Å². The standard InChI is InChI=1S/C13H14FN3O3/c1-3-20-13(18)11-8-17(16-15-11)7-9-4-5-12(19-2)10(14)6-9/h4-6,8H,3,7H2,1-2H3. The van der Waals surface area contributed by atoms with Crippen molar-refractivity contribution >= 4 is 5.97 Å². The van der Waals surface area contributed by atoms with Crippen molar-refractivity contribution in [1.82, 2.24) is 15.0 Å². The lowest BCUT2D eigenvalue weighted by Crippen LogP contribution is -2.05. The van der Waals surface area contributed by atoms with Crippen LogP contribution in [0.3, 0.4) is 0 Å². The monoisotopic (exact) mass is 279 g/mol. The van der Waals surface area contributed by atoms with Gasteiger partial charge in [-0.05, 0) is 24.6 Å². The van der Waals surface area contributed by atoms with Crippen LogP contribution in [0.25, 0.3) is 0 Å². The molecule has 0 bridgehead atoms. The lowest BCUT2D eigenvalue weighted by atomic mass is 10.2. The number of methoxy groups -OCH3 is 1. The maximum Gasteiger partial charge on any atom is 0.360 e. The smallest absolute Gasteiger partial charge is 0.360 e. The number of aromatic nitrogens is 3. The summed E-state index contributed by atoms with van der Waals surface area (Å²) in [6.07, 6.45) is 1.46. The number of benzene rings is 1. The Labute approximate surface area is 115 Å². The molecule has 0 aliphatic carbocycles. The Hall–Kier alpha value is -2.44. The highest BCUT2D eigenvalue weighted by molar-refractivity contribution is 5.86. The summed E-state index contributed by atoms with van der Waals surface area (Å²) < 4.78 is 24.6. The fourth-order valence-corrected chi connectivity index (χ4v) is 1.67. The summed E-state index contributed by atoms with van der Waals surface area (Å²) in [6, 6.07) is 4.60. The van der Waals surface area contributed by atoms with Crippen LogP contribution in [0.15, 0.2) is 24.4 Å². The van der Waals surface area contributed by atoms with E-state index in [1.54, 1.807) is 13.0 Å². The number of hydrogen-bond donors (Lipinski definition) is 0. The average molecular weight is 279 g/mol. The van der Waals surface area contributed by atoms with Gasteiger partial charge >= 0.3 is 5.97 Å². The zero-order valence-electron chi connectivity index (χ0n) is 11.2. The second-order valence-electron chi connectivity index (χ2n) is 3.99. The minimum atomic E-state index is -0.528. The summed E-state index contributed by atoms with van der Waals surface area (Å²) in [4.78, 5) is 11.4. The predicted octanol–water partition coefficient (Wildman–Crippen LogP) is 1.65. The van der Waals surface area contributed by atoms with Gasteiger partial charge in [-0.3, -0.25) is 0 Å². The molecule has 20 heavy (non-hydrogen) atoms. The Bertz CT molecular complexity index is 613. The van der Waals surface area contributed by atoms with Gasteiger partial charge in [0.05, 0.1) is 26.5 Å². The highest BCUT2D eigenvalue weighted by Crippen LogP contribution is 2.18. The molecule has 2 aromatic rings. The van der Waals surface area contributed by atoms with E-state index >= 15 is 0 Å². The summed E-state index contributed by atoms with van der Waals surface area (Å²) in [5.74, 6) is -0.796. The molecule has 0 amide bonds. The van der Waals surface area contributed by atoms with Gasteiger partial charge < -0.3 is 9.47 Å². The van der Waals surface area contributed by atoms with Gasteiger partial charge in [0.1, 0.15) is 0 Å². The van der Waals surface area contributed by atoms with Gasteiger partial charge in [-0.1, -0.05) is 11.3 Å². The van der Waals surface area contributed by atoms with Crippen LogP contribution in [0.5, 0.6) is 5.75 Å². The van der Waals surface area contributed by atoms with Gasteiger partial charge in [0.15, 0.2) is 17.3 Å². The van der Waals surface area contributed by atoms with E-state index in [1.165, 1.54) is 30.1 Å². The van der Waals surface area contributed by atoms with E-state index in [0.717, 1.165) is 0 Å². The summed E-state index contributed by atoms with van der Waals surface area (Å²) in [7, 11) is 1.40. The molecular weight excluding hydrogens is 265 g/mol. The molecule has 0 atom stereocenters. The molecule has 1 aromatic carbocycles. The van der Waals surface area contributed by atoms with Crippen molar-refractivity contribution in [3.8, 4) is 5.75 Å². The van der Waals surface area contributed by atoms with Gasteiger partial charge in [0.25, 0.3) is 0 Å². The third-order valence-corrected chi connectivity index (χ3v) is 2.58. The lowest BCUT2D eigenvalue weighted by Gasteiger charge is -2.04. The topological polar surface area (TPSA) is 66.2 Å². The number of carbonyl (C=O) groups is 1. The molecule has 0 N–H and O–H groups in total. The molecule has 0 saturated heterocycles. The second kappa shape index (κ2) is 6.14. The van der Waals surface area contributed by atoms with Gasteiger partial charge in [-0.25, -0.2) is 13.9 Å². The molecule has 0 unspecified atom stereocenters. The summed E-state index contributed by atoms with van der Waals surface area (Å²) >= 11 is 0. The largest absolute Gasteiger partial charge is 0.494 e. The van der Waals surface area contributed by atoms with Crippen LogP contribution in [-0.2, 0) is 11.3 Å². The Kier molecular flexibility index (Phi) is 4.29. The summed E-state index contributed by atoms with van der Waals surface area (Å²) in [5.41, 5.74) is 0.810. The van der Waals surface area contributed by atoms with Crippen molar-refractivity contribution in [1.29, 1.82) is 0 Å². The highest BCUT2D eigenvalue weighted by atomic mass is 19.1. The van der Waals surface area contributed by atoms with Crippen LogP contribution in [0, 0.1) is 5.82 Å². The van der Waals surface area contributed by atoms with Crippen LogP contribution in [-0.4, -0.2) is 34.7 Å². The minimum Gasteiger partial charge on any atom is -0.494 e. The quantitative estimate of drug-likeness (QED) is 0.779. The van der Waals surface area contributed by atoms with Gasteiger partial charge in [-0.2, -0.15) is 0 Å². The van der Waals surface area contributed by atoms with Gasteiger partial charge in [0, 0.05) is 0 Å². The van der Waals surface area contributed by atoms with Crippen molar-refractivity contribution in [3.63, 3.8) is 0 Å². The molecule has 0 aliphatic heterocycles. The van der Waals surface area contributed by atoms with Crippen LogP contribution >= 0.6 is 0 Å². The Morgan fingerprint density at radius 2 is 2.25 bits per heavy atom. The van der Waals surface area contributed by atoms with Crippen molar-refractivity contribution < 1.29 is 18.7 Å². The Morgan fingerprint density at radius 3 is 2.90 bits per heavy atom. The number of halogens is 1. The summed E-state index contributed by atoms with van der Waals surface area (Å²) in [6.45, 7) is 2.28. The van der Waals surface area contributed by atoms with E-state index in [0.29, 0.717) is 12.1 Å². The molecule has 1 heterocycles. The molecule has 106 valence electrons. The van der Waals surface area contributed by atoms with Gasteiger partial charge in [0.2, 0.25) is 0 Å². The van der Waals surface area contributed by atoms with E-state index in [2.05, 4.69) is 10.3 Å². The number of rotatable bonds is 5. The molecule has 0 radical (unpaired) electrons. The first kappa shape index (κ1) is 14.0.